The van der Waals surface area contributed by atoms with Crippen molar-refractivity contribution in [1.29, 1.82) is 0 Å². The minimum Gasteiger partial charge on any atom is -0.480 e. The quantitative estimate of drug-likeness (QED) is 0.0858. The van der Waals surface area contributed by atoms with Gasteiger partial charge < -0.3 is 38.3 Å². The Morgan fingerprint density at radius 3 is 2.00 bits per heavy atom. The van der Waals surface area contributed by atoms with Crippen molar-refractivity contribution in [3.05, 3.63) is 0 Å². The molecule has 4 amide bonds. The van der Waals surface area contributed by atoms with E-state index < -0.39 is 53.8 Å². The van der Waals surface area contributed by atoms with Gasteiger partial charge in [-0.25, -0.2) is 4.79 Å². The van der Waals surface area contributed by atoms with Gasteiger partial charge in [-0.2, -0.15) is 12.6 Å². The van der Waals surface area contributed by atoms with Gasteiger partial charge in [0.1, 0.15) is 18.1 Å². The number of rotatable bonds is 17. The molecular formula is C20H38N6O6S. The first-order valence-electron chi connectivity index (χ1n) is 11.0. The minimum absolute atomic E-state index is 0.103. The molecule has 12 nitrogen and oxygen atoms in total. The normalized spacial score (nSPS) is 15.4. The van der Waals surface area contributed by atoms with Crippen molar-refractivity contribution >= 4 is 42.2 Å². The summed E-state index contributed by atoms with van der Waals surface area (Å²) in [5.74, 6) is -4.41. The van der Waals surface area contributed by atoms with Gasteiger partial charge in [0.25, 0.3) is 0 Å². The zero-order valence-corrected chi connectivity index (χ0v) is 20.1. The molecule has 13 heteroatoms. The predicted molar refractivity (Wildman–Crippen MR) is 126 cm³/mol. The molecule has 0 aromatic rings. The van der Waals surface area contributed by atoms with Crippen LogP contribution in [0.25, 0.3) is 0 Å². The lowest BCUT2D eigenvalue weighted by Gasteiger charge is -2.25. The summed E-state index contributed by atoms with van der Waals surface area (Å²) in [5, 5.41) is 16.7. The van der Waals surface area contributed by atoms with Gasteiger partial charge in [0.05, 0.1) is 6.04 Å². The van der Waals surface area contributed by atoms with Crippen LogP contribution in [0.1, 0.15) is 52.4 Å². The Bertz CT molecular complexity index is 679. The number of unbranched alkanes of at least 4 members (excludes halogenated alkanes) is 1. The zero-order chi connectivity index (χ0) is 25.6. The van der Waals surface area contributed by atoms with E-state index >= 15 is 0 Å². The molecule has 0 fully saturated rings. The Balaban J connectivity index is 5.28. The molecule has 0 heterocycles. The van der Waals surface area contributed by atoms with Crippen LogP contribution in [0.2, 0.25) is 0 Å². The highest BCUT2D eigenvalue weighted by atomic mass is 32.1. The molecular weight excluding hydrogens is 452 g/mol. The van der Waals surface area contributed by atoms with Gasteiger partial charge in [-0.3, -0.25) is 19.2 Å². The highest BCUT2D eigenvalue weighted by Gasteiger charge is 2.31. The third kappa shape index (κ3) is 11.9. The van der Waals surface area contributed by atoms with Gasteiger partial charge in [0.15, 0.2) is 0 Å². The van der Waals surface area contributed by atoms with Gasteiger partial charge in [-0.05, 0) is 31.7 Å². The van der Waals surface area contributed by atoms with Crippen molar-refractivity contribution < 1.29 is 29.1 Å². The second-order valence-electron chi connectivity index (χ2n) is 7.91. The van der Waals surface area contributed by atoms with Crippen LogP contribution in [-0.4, -0.2) is 71.2 Å². The number of amides is 4. The highest BCUT2D eigenvalue weighted by molar-refractivity contribution is 7.80. The summed E-state index contributed by atoms with van der Waals surface area (Å²) in [4.78, 5) is 60.4. The third-order valence-electron chi connectivity index (χ3n) is 5.21. The van der Waals surface area contributed by atoms with Crippen molar-refractivity contribution in [2.75, 3.05) is 12.3 Å². The number of carboxylic acids is 1. The summed E-state index contributed by atoms with van der Waals surface area (Å²) in [5.41, 5.74) is 16.4. The molecule has 0 aliphatic carbocycles. The minimum atomic E-state index is -1.20. The van der Waals surface area contributed by atoms with E-state index in [9.17, 15) is 29.1 Å². The van der Waals surface area contributed by atoms with Crippen molar-refractivity contribution in [2.24, 2.45) is 23.1 Å². The van der Waals surface area contributed by atoms with Crippen LogP contribution in [0.15, 0.2) is 0 Å². The first-order chi connectivity index (χ1) is 15.5. The van der Waals surface area contributed by atoms with E-state index in [0.29, 0.717) is 32.2 Å². The molecule has 0 aliphatic heterocycles. The lowest BCUT2D eigenvalue weighted by atomic mass is 9.99. The number of aliphatic carboxylic acids is 1. The van der Waals surface area contributed by atoms with Crippen LogP contribution in [0.4, 0.5) is 0 Å². The number of carbonyl (C=O) groups is 5. The van der Waals surface area contributed by atoms with Crippen LogP contribution in [-0.2, 0) is 24.0 Å². The second kappa shape index (κ2) is 16.3. The van der Waals surface area contributed by atoms with Gasteiger partial charge >= 0.3 is 5.97 Å². The molecule has 0 saturated carbocycles. The monoisotopic (exact) mass is 490 g/mol. The maximum atomic E-state index is 12.8. The maximum absolute atomic E-state index is 12.8. The number of carbonyl (C=O) groups excluding carboxylic acids is 4. The number of nitrogens with one attached hydrogen (secondary N) is 3. The van der Waals surface area contributed by atoms with Gasteiger partial charge in [-0.15, -0.1) is 0 Å². The largest absolute Gasteiger partial charge is 0.480 e. The zero-order valence-electron chi connectivity index (χ0n) is 19.2. The van der Waals surface area contributed by atoms with E-state index in [-0.39, 0.29) is 24.5 Å². The molecule has 33 heavy (non-hydrogen) atoms. The third-order valence-corrected chi connectivity index (χ3v) is 5.58. The Morgan fingerprint density at radius 2 is 1.52 bits per heavy atom. The summed E-state index contributed by atoms with van der Waals surface area (Å²) < 4.78 is 0. The molecule has 0 radical (unpaired) electrons. The molecule has 0 spiro atoms. The average Bonchev–Trinajstić information content (AvgIpc) is 2.76. The molecule has 10 N–H and O–H groups in total. The summed E-state index contributed by atoms with van der Waals surface area (Å²) >= 11 is 4.07. The van der Waals surface area contributed by atoms with Crippen molar-refractivity contribution in [3.8, 4) is 0 Å². The van der Waals surface area contributed by atoms with Gasteiger partial charge in [-0.1, -0.05) is 26.7 Å². The van der Waals surface area contributed by atoms with Crippen molar-refractivity contribution in [3.63, 3.8) is 0 Å². The van der Waals surface area contributed by atoms with Crippen molar-refractivity contribution in [1.82, 2.24) is 16.0 Å². The second-order valence-corrected chi connectivity index (χ2v) is 8.28. The number of nitrogens with two attached hydrogens (primary N) is 3. The molecule has 190 valence electrons. The topological polar surface area (TPSA) is 220 Å². The molecule has 0 aliphatic rings. The Kier molecular flexibility index (Phi) is 15.1. The smallest absolute Gasteiger partial charge is 0.326 e. The first-order valence-corrected chi connectivity index (χ1v) is 11.6. The fraction of sp³-hybridized carbons (Fsp3) is 0.750. The summed E-state index contributed by atoms with van der Waals surface area (Å²) in [6, 6.07) is -4.36. The molecule has 0 saturated heterocycles. The van der Waals surface area contributed by atoms with E-state index in [4.69, 9.17) is 17.2 Å². The fourth-order valence-electron chi connectivity index (χ4n) is 2.88. The van der Waals surface area contributed by atoms with E-state index in [1.807, 2.05) is 0 Å². The Hall–Kier alpha value is -2.38. The van der Waals surface area contributed by atoms with E-state index in [2.05, 4.69) is 28.6 Å². The van der Waals surface area contributed by atoms with Crippen LogP contribution >= 0.6 is 12.6 Å². The Morgan fingerprint density at radius 1 is 0.939 bits per heavy atom. The number of carboxylic acid groups (broad SMARTS) is 1. The molecule has 0 rings (SSSR count). The van der Waals surface area contributed by atoms with E-state index in [0.717, 1.165) is 0 Å². The molecule has 0 aromatic heterocycles. The number of hydrogen-bond acceptors (Lipinski definition) is 8. The van der Waals surface area contributed by atoms with E-state index in [1.54, 1.807) is 13.8 Å². The number of primary amides is 1. The fourth-order valence-corrected chi connectivity index (χ4v) is 3.13. The van der Waals surface area contributed by atoms with Crippen molar-refractivity contribution in [2.45, 2.75) is 76.5 Å². The van der Waals surface area contributed by atoms with Crippen LogP contribution < -0.4 is 33.2 Å². The summed E-state index contributed by atoms with van der Waals surface area (Å²) in [6.45, 7) is 3.93. The maximum Gasteiger partial charge on any atom is 0.326 e. The average molecular weight is 491 g/mol. The highest BCUT2D eigenvalue weighted by Crippen LogP contribution is 2.09. The number of hydrogen-bond donors (Lipinski definition) is 8. The molecule has 5 unspecified atom stereocenters. The first kappa shape index (κ1) is 30.6. The van der Waals surface area contributed by atoms with Crippen LogP contribution in [0.5, 0.6) is 0 Å². The van der Waals surface area contributed by atoms with Crippen LogP contribution in [0, 0.1) is 5.92 Å². The molecule has 5 atom stereocenters. The Labute approximate surface area is 199 Å². The van der Waals surface area contributed by atoms with Gasteiger partial charge in [0.2, 0.25) is 23.6 Å². The SMILES string of the molecule is CCC(C)C(NC(=O)C(CS)NC(=O)C(CCC(N)=O)NC(=O)C(N)CCCCN)C(=O)O. The van der Waals surface area contributed by atoms with E-state index in [1.165, 1.54) is 0 Å². The molecule has 0 aromatic carbocycles. The molecule has 0 bridgehead atoms. The van der Waals surface area contributed by atoms with Crippen LogP contribution in [0.3, 0.4) is 0 Å². The lowest BCUT2D eigenvalue weighted by Crippen LogP contribution is -2.58. The summed E-state index contributed by atoms with van der Waals surface area (Å²) in [7, 11) is 0. The standard InChI is InChI=1S/C20H38N6O6S/c1-3-11(2)16(20(31)32)26-19(30)14(10-33)25-18(29)13(7-8-15(23)27)24-17(28)12(22)6-4-5-9-21/h11-14,16,33H,3-10,21-22H2,1-2H3,(H2,23,27)(H,24,28)(H,25,29)(H,26,30)(H,31,32). The predicted octanol–water partition coefficient (Wildman–Crippen LogP) is -1.78. The summed E-state index contributed by atoms with van der Waals surface area (Å²) in [6.07, 6.45) is 1.91. The lowest BCUT2D eigenvalue weighted by molar-refractivity contribution is -0.143. The van der Waals surface area contributed by atoms with Gasteiger partial charge in [0, 0.05) is 12.2 Å². The number of thiol groups is 1.